The van der Waals surface area contributed by atoms with Gasteiger partial charge in [-0.15, -0.1) is 0 Å². The van der Waals surface area contributed by atoms with Crippen LogP contribution in [0.1, 0.15) is 28.4 Å². The van der Waals surface area contributed by atoms with Gasteiger partial charge in [0.2, 0.25) is 0 Å². The van der Waals surface area contributed by atoms with Crippen molar-refractivity contribution in [1.82, 2.24) is 0 Å². The smallest absolute Gasteiger partial charge is 0.387 e. The monoisotopic (exact) mass is 365 g/mol. The zero-order valence-corrected chi connectivity index (χ0v) is 13.5. The van der Waals surface area contributed by atoms with Gasteiger partial charge in [0.25, 0.3) is 5.69 Å². The maximum absolute atomic E-state index is 13.0. The van der Waals surface area contributed by atoms with E-state index in [2.05, 4.69) is 5.32 Å². The Balaban J connectivity index is 2.29. The molecule has 0 bridgehead atoms. The Labute approximate surface area is 146 Å². The van der Waals surface area contributed by atoms with Gasteiger partial charge in [0.1, 0.15) is 0 Å². The van der Waals surface area contributed by atoms with Gasteiger partial charge in [0, 0.05) is 23.9 Å². The fraction of sp³-hybridized carbons (Fsp3) is 0.235. The number of hydrogen-bond acceptors (Lipinski definition) is 5. The Morgan fingerprint density at radius 1 is 1.35 bits per heavy atom. The highest BCUT2D eigenvalue weighted by Crippen LogP contribution is 2.35. The molecule has 0 saturated heterocycles. The van der Waals surface area contributed by atoms with E-state index in [9.17, 15) is 28.4 Å². The molecule has 1 atom stereocenters. The van der Waals surface area contributed by atoms with E-state index >= 15 is 0 Å². The largest absolute Gasteiger partial charge is 0.416 e. The van der Waals surface area contributed by atoms with Crippen LogP contribution in [-0.4, -0.2) is 16.6 Å². The van der Waals surface area contributed by atoms with Gasteiger partial charge in [0.15, 0.2) is 0 Å². The van der Waals surface area contributed by atoms with Gasteiger partial charge in [-0.05, 0) is 24.6 Å². The van der Waals surface area contributed by atoms with Crippen LogP contribution in [0.2, 0.25) is 0 Å². The molecule has 2 aromatic carbocycles. The van der Waals surface area contributed by atoms with E-state index in [0.29, 0.717) is 0 Å². The molecule has 0 aromatic heterocycles. The van der Waals surface area contributed by atoms with Crippen molar-refractivity contribution in [3.63, 3.8) is 0 Å². The number of nitrogens with zero attached hydrogens (tertiary/aromatic N) is 2. The highest BCUT2D eigenvalue weighted by atomic mass is 19.4. The Morgan fingerprint density at radius 3 is 2.58 bits per heavy atom. The second-order valence-electron chi connectivity index (χ2n) is 5.52. The fourth-order valence-electron chi connectivity index (χ4n) is 2.50. The standard InChI is InChI=1S/C17H14F3N3O3/c1-10-14(6-11(8-21)7-15(10)23(25)26)22-9-16(24)12-4-2-3-5-13(12)17(18,19)20/h2-7,16,22,24H,9H2,1H3. The summed E-state index contributed by atoms with van der Waals surface area (Å²) in [4.78, 5) is 10.4. The van der Waals surface area contributed by atoms with Crippen LogP contribution in [-0.2, 0) is 6.18 Å². The average molecular weight is 365 g/mol. The molecule has 2 rings (SSSR count). The van der Waals surface area contributed by atoms with Crippen LogP contribution < -0.4 is 5.32 Å². The highest BCUT2D eigenvalue weighted by Gasteiger charge is 2.34. The number of alkyl halides is 3. The SMILES string of the molecule is Cc1c(NCC(O)c2ccccc2C(F)(F)F)cc(C#N)cc1[N+](=O)[O-]. The zero-order chi connectivity index (χ0) is 19.5. The third kappa shape index (κ3) is 4.10. The molecule has 1 unspecified atom stereocenters. The van der Waals surface area contributed by atoms with Gasteiger partial charge in [-0.2, -0.15) is 18.4 Å². The van der Waals surface area contributed by atoms with Crippen LogP contribution in [0.25, 0.3) is 0 Å². The molecule has 0 aliphatic heterocycles. The van der Waals surface area contributed by atoms with Crippen molar-refractivity contribution in [3.05, 3.63) is 68.8 Å². The molecule has 26 heavy (non-hydrogen) atoms. The molecule has 0 spiro atoms. The summed E-state index contributed by atoms with van der Waals surface area (Å²) in [7, 11) is 0. The average Bonchev–Trinajstić information content (AvgIpc) is 2.59. The summed E-state index contributed by atoms with van der Waals surface area (Å²) in [5.74, 6) is 0. The van der Waals surface area contributed by atoms with Gasteiger partial charge < -0.3 is 10.4 Å². The molecule has 0 radical (unpaired) electrons. The lowest BCUT2D eigenvalue weighted by molar-refractivity contribution is -0.385. The lowest BCUT2D eigenvalue weighted by Crippen LogP contribution is -2.18. The highest BCUT2D eigenvalue weighted by molar-refractivity contribution is 5.64. The Bertz CT molecular complexity index is 876. The maximum Gasteiger partial charge on any atom is 0.416 e. The number of aliphatic hydroxyl groups is 1. The van der Waals surface area contributed by atoms with Crippen molar-refractivity contribution in [2.24, 2.45) is 0 Å². The Morgan fingerprint density at radius 2 is 2.00 bits per heavy atom. The van der Waals surface area contributed by atoms with Crippen molar-refractivity contribution in [1.29, 1.82) is 5.26 Å². The summed E-state index contributed by atoms with van der Waals surface area (Å²) < 4.78 is 39.1. The van der Waals surface area contributed by atoms with Crippen LogP contribution in [0.15, 0.2) is 36.4 Å². The molecule has 136 valence electrons. The summed E-state index contributed by atoms with van der Waals surface area (Å²) in [6.45, 7) is 1.12. The second kappa shape index (κ2) is 7.41. The molecule has 2 aromatic rings. The summed E-state index contributed by atoms with van der Waals surface area (Å²) in [6, 6.07) is 8.85. The number of nitriles is 1. The molecule has 6 nitrogen and oxygen atoms in total. The van der Waals surface area contributed by atoms with Crippen molar-refractivity contribution in [3.8, 4) is 6.07 Å². The van der Waals surface area contributed by atoms with E-state index in [1.54, 1.807) is 6.07 Å². The van der Waals surface area contributed by atoms with Crippen LogP contribution in [0.5, 0.6) is 0 Å². The molecule has 9 heteroatoms. The number of nitro benzene ring substituents is 1. The third-order valence-electron chi connectivity index (χ3n) is 3.82. The molecule has 0 aliphatic rings. The zero-order valence-electron chi connectivity index (χ0n) is 13.5. The van der Waals surface area contributed by atoms with Gasteiger partial charge in [0.05, 0.1) is 28.2 Å². The summed E-state index contributed by atoms with van der Waals surface area (Å²) in [5.41, 5.74) is -1.13. The summed E-state index contributed by atoms with van der Waals surface area (Å²) >= 11 is 0. The number of nitrogens with one attached hydrogen (secondary N) is 1. The van der Waals surface area contributed by atoms with Crippen LogP contribution in [0.3, 0.4) is 0 Å². The van der Waals surface area contributed by atoms with Crippen LogP contribution in [0.4, 0.5) is 24.5 Å². The van der Waals surface area contributed by atoms with E-state index in [4.69, 9.17) is 5.26 Å². The first kappa shape index (κ1) is 19.2. The van der Waals surface area contributed by atoms with E-state index < -0.39 is 22.8 Å². The molecule has 0 fully saturated rings. The van der Waals surface area contributed by atoms with Gasteiger partial charge in [-0.25, -0.2) is 0 Å². The molecular weight excluding hydrogens is 351 g/mol. The Hall–Kier alpha value is -3.12. The van der Waals surface area contributed by atoms with Crippen molar-refractivity contribution in [2.75, 3.05) is 11.9 Å². The molecule has 0 amide bonds. The van der Waals surface area contributed by atoms with Crippen molar-refractivity contribution in [2.45, 2.75) is 19.2 Å². The normalized spacial score (nSPS) is 12.3. The minimum atomic E-state index is -4.62. The Kier molecular flexibility index (Phi) is 5.47. The third-order valence-corrected chi connectivity index (χ3v) is 3.82. The molecule has 0 heterocycles. The van der Waals surface area contributed by atoms with E-state index in [-0.39, 0.29) is 34.6 Å². The first-order chi connectivity index (χ1) is 12.1. The second-order valence-corrected chi connectivity index (χ2v) is 5.52. The van der Waals surface area contributed by atoms with E-state index in [1.165, 1.54) is 25.1 Å². The number of halogens is 3. The molecule has 0 saturated carbocycles. The number of hydrogen-bond donors (Lipinski definition) is 2. The topological polar surface area (TPSA) is 99.2 Å². The van der Waals surface area contributed by atoms with Gasteiger partial charge in [-0.3, -0.25) is 10.1 Å². The predicted molar refractivity (Wildman–Crippen MR) is 87.4 cm³/mol. The van der Waals surface area contributed by atoms with Crippen LogP contribution in [0, 0.1) is 28.4 Å². The fourth-order valence-corrected chi connectivity index (χ4v) is 2.50. The summed E-state index contributed by atoms with van der Waals surface area (Å²) in [6.07, 6.45) is -6.12. The molecular formula is C17H14F3N3O3. The minimum absolute atomic E-state index is 0.0231. The van der Waals surface area contributed by atoms with Gasteiger partial charge in [-0.1, -0.05) is 18.2 Å². The van der Waals surface area contributed by atoms with Crippen molar-refractivity contribution < 1.29 is 23.2 Å². The van der Waals surface area contributed by atoms with E-state index in [1.807, 2.05) is 0 Å². The van der Waals surface area contributed by atoms with Crippen LogP contribution >= 0.6 is 0 Å². The lowest BCUT2D eigenvalue weighted by Gasteiger charge is -2.19. The van der Waals surface area contributed by atoms with E-state index in [0.717, 1.165) is 18.2 Å². The number of nitro groups is 1. The first-order valence-corrected chi connectivity index (χ1v) is 7.42. The lowest BCUT2D eigenvalue weighted by atomic mass is 10.0. The predicted octanol–water partition coefficient (Wildman–Crippen LogP) is 3.94. The van der Waals surface area contributed by atoms with Crippen molar-refractivity contribution >= 4 is 11.4 Å². The number of aliphatic hydroxyl groups excluding tert-OH is 1. The summed E-state index contributed by atoms with van der Waals surface area (Å²) in [5, 5.41) is 32.9. The number of benzene rings is 2. The number of rotatable bonds is 5. The number of anilines is 1. The maximum atomic E-state index is 13.0. The molecule has 2 N–H and O–H groups in total. The molecule has 0 aliphatic carbocycles. The van der Waals surface area contributed by atoms with Gasteiger partial charge >= 0.3 is 6.18 Å². The first-order valence-electron chi connectivity index (χ1n) is 7.42. The quantitative estimate of drug-likeness (QED) is 0.618. The minimum Gasteiger partial charge on any atom is -0.387 e.